The number of carbonyl (C=O) groups excluding carboxylic acids is 1. The number of likely N-dealkylation sites (tertiary alicyclic amines) is 2. The van der Waals surface area contributed by atoms with Gasteiger partial charge in [-0.3, -0.25) is 9.69 Å². The van der Waals surface area contributed by atoms with Crippen molar-refractivity contribution < 1.29 is 27.1 Å². The van der Waals surface area contributed by atoms with E-state index in [-0.39, 0.29) is 6.04 Å². The number of ether oxygens (including phenoxy) is 1. The molecule has 1 amide bonds. The van der Waals surface area contributed by atoms with Gasteiger partial charge < -0.3 is 19.2 Å². The number of hydrogen-bond donors (Lipinski definition) is 1. The number of carbonyl (C=O) groups is 1. The third-order valence-corrected chi connectivity index (χ3v) is 7.34. The van der Waals surface area contributed by atoms with Crippen LogP contribution in [0.1, 0.15) is 29.2 Å². The van der Waals surface area contributed by atoms with E-state index in [1.54, 1.807) is 6.33 Å². The lowest BCUT2D eigenvalue weighted by atomic mass is 9.97. The van der Waals surface area contributed by atoms with Gasteiger partial charge in [-0.15, -0.1) is 13.2 Å². The summed E-state index contributed by atoms with van der Waals surface area (Å²) in [5.74, 6) is -2.93. The second-order valence-corrected chi connectivity index (χ2v) is 9.61. The van der Waals surface area contributed by atoms with Crippen LogP contribution in [0.2, 0.25) is 0 Å². The fourth-order valence-electron chi connectivity index (χ4n) is 5.34. The summed E-state index contributed by atoms with van der Waals surface area (Å²) in [4.78, 5) is 28.5. The first-order valence-electron chi connectivity index (χ1n) is 12.3. The van der Waals surface area contributed by atoms with Gasteiger partial charge in [-0.25, -0.2) is 14.4 Å². The van der Waals surface area contributed by atoms with Gasteiger partial charge >= 0.3 is 6.36 Å². The highest BCUT2D eigenvalue weighted by Gasteiger charge is 2.37. The molecule has 2 saturated heterocycles. The maximum absolute atomic E-state index is 14.6. The highest BCUT2D eigenvalue weighted by Crippen LogP contribution is 2.32. The molecule has 0 bridgehead atoms. The van der Waals surface area contributed by atoms with E-state index < -0.39 is 29.4 Å². The third-order valence-electron chi connectivity index (χ3n) is 7.34. The van der Waals surface area contributed by atoms with Gasteiger partial charge in [0.15, 0.2) is 11.6 Å². The molecule has 4 aromatic rings. The van der Waals surface area contributed by atoms with Gasteiger partial charge in [0, 0.05) is 61.8 Å². The van der Waals surface area contributed by atoms with E-state index in [9.17, 15) is 22.4 Å². The number of H-pyrrole nitrogens is 1. The van der Waals surface area contributed by atoms with Crippen molar-refractivity contribution in [1.82, 2.24) is 29.3 Å². The molecule has 8 nitrogen and oxygen atoms in total. The Balaban J connectivity index is 1.04. The van der Waals surface area contributed by atoms with Crippen molar-refractivity contribution in [2.45, 2.75) is 31.3 Å². The average Bonchev–Trinajstić information content (AvgIpc) is 3.54. The molecule has 0 unspecified atom stereocenters. The van der Waals surface area contributed by atoms with Gasteiger partial charge in [0.1, 0.15) is 12.0 Å². The van der Waals surface area contributed by atoms with E-state index in [1.807, 2.05) is 12.3 Å². The minimum atomic E-state index is -5.04. The number of fused-ring (bicyclic) bond motifs is 1. The lowest BCUT2D eigenvalue weighted by Gasteiger charge is -2.47. The fraction of sp³-hybridized carbons (Fsp3) is 0.346. The first-order valence-corrected chi connectivity index (χ1v) is 12.3. The van der Waals surface area contributed by atoms with Crippen molar-refractivity contribution in [2.75, 3.05) is 26.2 Å². The van der Waals surface area contributed by atoms with Crippen LogP contribution in [0.4, 0.5) is 17.6 Å². The number of alkyl halides is 3. The van der Waals surface area contributed by atoms with E-state index in [0.717, 1.165) is 41.4 Å². The minimum absolute atomic E-state index is 0.288. The Morgan fingerprint density at radius 1 is 1.05 bits per heavy atom. The molecule has 38 heavy (non-hydrogen) atoms. The molecule has 3 aromatic heterocycles. The largest absolute Gasteiger partial charge is 0.573 e. The molecular formula is C26H24F4N6O2. The molecule has 6 rings (SSSR count). The average molecular weight is 529 g/mol. The van der Waals surface area contributed by atoms with Gasteiger partial charge in [-0.2, -0.15) is 0 Å². The zero-order valence-electron chi connectivity index (χ0n) is 20.2. The number of hydrogen-bond acceptors (Lipinski definition) is 5. The molecular weight excluding hydrogens is 504 g/mol. The van der Waals surface area contributed by atoms with E-state index in [0.29, 0.717) is 32.0 Å². The SMILES string of the molecule is O=C(c1cccc(OC(F)(F)F)c1F)N1CCC(N2CC(n3ccc(-c4ncnc5[nH]ccc45)c3)C2)CC1. The standard InChI is InChI=1S/C26H24F4N6O2/c27-22-19(2-1-3-21(22)38-26(28,29)30)25(37)34-10-6-17(7-11-34)36-13-18(14-36)35-9-5-16(12-35)23-20-4-8-31-24(20)33-15-32-23/h1-5,8-9,12,15,17-18H,6-7,10-11,13-14H2,(H,31,32,33). The van der Waals surface area contributed by atoms with Crippen LogP contribution in [-0.2, 0) is 0 Å². The van der Waals surface area contributed by atoms with Gasteiger partial charge in [0.2, 0.25) is 0 Å². The number of nitrogens with zero attached hydrogens (tertiary/aromatic N) is 5. The van der Waals surface area contributed by atoms with Crippen LogP contribution in [-0.4, -0.2) is 73.8 Å². The van der Waals surface area contributed by atoms with Crippen molar-refractivity contribution in [3.63, 3.8) is 0 Å². The Labute approximate surface area is 214 Å². The zero-order valence-corrected chi connectivity index (χ0v) is 20.2. The quantitative estimate of drug-likeness (QED) is 0.383. The molecule has 12 heteroatoms. The summed E-state index contributed by atoms with van der Waals surface area (Å²) in [6.07, 6.45) is 3.94. The molecule has 0 aliphatic carbocycles. The molecule has 0 spiro atoms. The summed E-state index contributed by atoms with van der Waals surface area (Å²) in [6, 6.07) is 7.85. The molecule has 0 radical (unpaired) electrons. The van der Waals surface area contributed by atoms with E-state index in [1.165, 1.54) is 17.0 Å². The van der Waals surface area contributed by atoms with Crippen molar-refractivity contribution >= 4 is 16.9 Å². The van der Waals surface area contributed by atoms with Crippen molar-refractivity contribution in [2.24, 2.45) is 0 Å². The summed E-state index contributed by atoms with van der Waals surface area (Å²) in [7, 11) is 0. The Hall–Kier alpha value is -3.93. The molecule has 5 heterocycles. The van der Waals surface area contributed by atoms with E-state index in [4.69, 9.17) is 0 Å². The second kappa shape index (κ2) is 9.43. The van der Waals surface area contributed by atoms with Gasteiger partial charge in [-0.05, 0) is 37.1 Å². The summed E-state index contributed by atoms with van der Waals surface area (Å²) < 4.78 is 58.1. The topological polar surface area (TPSA) is 79.3 Å². The normalized spacial score (nSPS) is 17.6. The molecule has 2 aliphatic heterocycles. The van der Waals surface area contributed by atoms with Crippen LogP contribution < -0.4 is 4.74 Å². The van der Waals surface area contributed by atoms with Crippen LogP contribution in [0.3, 0.4) is 0 Å². The molecule has 1 N–H and O–H groups in total. The molecule has 2 aliphatic rings. The number of rotatable bonds is 5. The van der Waals surface area contributed by atoms with Crippen molar-refractivity contribution in [1.29, 1.82) is 0 Å². The fourth-order valence-corrected chi connectivity index (χ4v) is 5.34. The molecule has 198 valence electrons. The predicted octanol–water partition coefficient (Wildman–Crippen LogP) is 4.63. The van der Waals surface area contributed by atoms with Gasteiger partial charge in [0.05, 0.1) is 17.3 Å². The number of aromatic amines is 1. The predicted molar refractivity (Wildman–Crippen MR) is 130 cm³/mol. The molecule has 0 saturated carbocycles. The molecule has 2 fully saturated rings. The maximum Gasteiger partial charge on any atom is 0.573 e. The number of amides is 1. The first-order chi connectivity index (χ1) is 18.3. The monoisotopic (exact) mass is 528 g/mol. The Morgan fingerprint density at radius 3 is 2.61 bits per heavy atom. The minimum Gasteiger partial charge on any atom is -0.403 e. The number of piperidine rings is 1. The summed E-state index contributed by atoms with van der Waals surface area (Å²) >= 11 is 0. The van der Waals surface area contributed by atoms with E-state index >= 15 is 0 Å². The van der Waals surface area contributed by atoms with Crippen LogP contribution in [0.25, 0.3) is 22.3 Å². The zero-order chi connectivity index (χ0) is 26.4. The van der Waals surface area contributed by atoms with Gasteiger partial charge in [0.25, 0.3) is 5.91 Å². The van der Waals surface area contributed by atoms with Crippen LogP contribution in [0, 0.1) is 5.82 Å². The highest BCUT2D eigenvalue weighted by atomic mass is 19.4. The molecule has 0 atom stereocenters. The number of aromatic nitrogens is 4. The highest BCUT2D eigenvalue weighted by molar-refractivity contribution is 5.95. The molecule has 1 aromatic carbocycles. The second-order valence-electron chi connectivity index (χ2n) is 9.61. The third kappa shape index (κ3) is 4.60. The summed E-state index contributed by atoms with van der Waals surface area (Å²) in [5.41, 5.74) is 2.29. The summed E-state index contributed by atoms with van der Waals surface area (Å²) in [5, 5.41) is 0.973. The van der Waals surface area contributed by atoms with E-state index in [2.05, 4.69) is 47.6 Å². The maximum atomic E-state index is 14.6. The Morgan fingerprint density at radius 2 is 1.84 bits per heavy atom. The van der Waals surface area contributed by atoms with Gasteiger partial charge in [-0.1, -0.05) is 6.07 Å². The Kier molecular flexibility index (Phi) is 6.05. The number of nitrogens with one attached hydrogen (secondary N) is 1. The number of benzene rings is 1. The van der Waals surface area contributed by atoms with Crippen LogP contribution in [0.5, 0.6) is 5.75 Å². The summed E-state index contributed by atoms with van der Waals surface area (Å²) in [6.45, 7) is 2.56. The Bertz CT molecular complexity index is 1470. The van der Waals surface area contributed by atoms with Crippen LogP contribution in [0.15, 0.2) is 55.2 Å². The van der Waals surface area contributed by atoms with Crippen molar-refractivity contribution in [3.8, 4) is 17.0 Å². The van der Waals surface area contributed by atoms with Crippen LogP contribution >= 0.6 is 0 Å². The first kappa shape index (κ1) is 24.4. The lowest BCUT2D eigenvalue weighted by Crippen LogP contribution is -2.56. The number of halogens is 4. The smallest absolute Gasteiger partial charge is 0.403 e. The van der Waals surface area contributed by atoms with Crippen molar-refractivity contribution in [3.05, 3.63) is 66.6 Å². The lowest BCUT2D eigenvalue weighted by molar-refractivity contribution is -0.275.